The molecule has 0 spiro atoms. The third-order valence-electron chi connectivity index (χ3n) is 3.48. The molecular weight excluding hydrogens is 214 g/mol. The van der Waals surface area contributed by atoms with Gasteiger partial charge < -0.3 is 15.2 Å². The van der Waals surface area contributed by atoms with Crippen LogP contribution in [0.3, 0.4) is 0 Å². The zero-order chi connectivity index (χ0) is 12.1. The van der Waals surface area contributed by atoms with Gasteiger partial charge in [-0.3, -0.25) is 0 Å². The van der Waals surface area contributed by atoms with Crippen molar-refractivity contribution >= 4 is 0 Å². The van der Waals surface area contributed by atoms with Gasteiger partial charge in [-0.25, -0.2) is 0 Å². The molecule has 1 aromatic carbocycles. The Labute approximate surface area is 103 Å². The number of rotatable bonds is 4. The molecule has 1 aliphatic heterocycles. The third kappa shape index (κ3) is 3.53. The summed E-state index contributed by atoms with van der Waals surface area (Å²) >= 11 is 0. The van der Waals surface area contributed by atoms with E-state index in [9.17, 15) is 5.11 Å². The lowest BCUT2D eigenvalue weighted by molar-refractivity contribution is 0.0272. The number of aliphatic hydroxyl groups excluding tert-OH is 1. The Morgan fingerprint density at radius 3 is 2.88 bits per heavy atom. The molecule has 0 radical (unpaired) electrons. The van der Waals surface area contributed by atoms with E-state index in [4.69, 9.17) is 4.74 Å². The lowest BCUT2D eigenvalue weighted by atomic mass is 9.93. The van der Waals surface area contributed by atoms with E-state index in [1.54, 1.807) is 7.11 Å². The van der Waals surface area contributed by atoms with E-state index in [0.29, 0.717) is 6.42 Å². The SMILES string of the molecule is COC1CCNC(C(O)Cc2ccccc2)C1. The smallest absolute Gasteiger partial charge is 0.0734 e. The minimum atomic E-state index is -0.338. The van der Waals surface area contributed by atoms with Crippen LogP contribution in [0.25, 0.3) is 0 Å². The van der Waals surface area contributed by atoms with Crippen molar-refractivity contribution in [3.63, 3.8) is 0 Å². The summed E-state index contributed by atoms with van der Waals surface area (Å²) in [6.07, 6.45) is 2.58. The molecule has 1 aliphatic rings. The molecule has 3 atom stereocenters. The highest BCUT2D eigenvalue weighted by Gasteiger charge is 2.26. The van der Waals surface area contributed by atoms with Crippen molar-refractivity contribution in [3.8, 4) is 0 Å². The van der Waals surface area contributed by atoms with Gasteiger partial charge in [0.05, 0.1) is 12.2 Å². The van der Waals surface area contributed by atoms with Crippen LogP contribution in [0.2, 0.25) is 0 Å². The van der Waals surface area contributed by atoms with Crippen LogP contribution in [0.5, 0.6) is 0 Å². The molecule has 0 saturated carbocycles. The second-order valence-corrected chi connectivity index (χ2v) is 4.70. The van der Waals surface area contributed by atoms with E-state index in [2.05, 4.69) is 17.4 Å². The van der Waals surface area contributed by atoms with Crippen LogP contribution in [-0.2, 0) is 11.2 Å². The lowest BCUT2D eigenvalue weighted by Crippen LogP contribution is -2.48. The fourth-order valence-corrected chi connectivity index (χ4v) is 2.42. The molecule has 1 saturated heterocycles. The molecule has 94 valence electrons. The number of methoxy groups -OCH3 is 1. The van der Waals surface area contributed by atoms with Crippen LogP contribution < -0.4 is 5.32 Å². The first-order valence-electron chi connectivity index (χ1n) is 6.27. The zero-order valence-electron chi connectivity index (χ0n) is 10.3. The molecule has 1 fully saturated rings. The minimum absolute atomic E-state index is 0.147. The molecule has 0 aliphatic carbocycles. The Balaban J connectivity index is 1.89. The predicted octanol–water partition coefficient (Wildman–Crippen LogP) is 1.36. The summed E-state index contributed by atoms with van der Waals surface area (Å²) < 4.78 is 5.37. The first-order chi connectivity index (χ1) is 8.29. The van der Waals surface area contributed by atoms with Crippen LogP contribution in [0.1, 0.15) is 18.4 Å². The molecule has 3 nitrogen and oxygen atoms in total. The van der Waals surface area contributed by atoms with E-state index >= 15 is 0 Å². The van der Waals surface area contributed by atoms with Crippen molar-refractivity contribution in [1.82, 2.24) is 5.32 Å². The summed E-state index contributed by atoms with van der Waals surface area (Å²) in [6, 6.07) is 10.3. The Morgan fingerprint density at radius 1 is 1.41 bits per heavy atom. The maximum absolute atomic E-state index is 10.2. The first-order valence-corrected chi connectivity index (χ1v) is 6.27. The van der Waals surface area contributed by atoms with Crippen molar-refractivity contribution in [3.05, 3.63) is 35.9 Å². The summed E-state index contributed by atoms with van der Waals surface area (Å²) in [4.78, 5) is 0. The van der Waals surface area contributed by atoms with Crippen molar-refractivity contribution < 1.29 is 9.84 Å². The van der Waals surface area contributed by atoms with Crippen molar-refractivity contribution in [2.45, 2.75) is 37.5 Å². The molecule has 3 heteroatoms. The van der Waals surface area contributed by atoms with E-state index in [-0.39, 0.29) is 18.2 Å². The highest BCUT2D eigenvalue weighted by Crippen LogP contribution is 2.16. The van der Waals surface area contributed by atoms with Gasteiger partial charge in [-0.1, -0.05) is 30.3 Å². The number of nitrogens with one attached hydrogen (secondary N) is 1. The summed E-state index contributed by atoms with van der Waals surface area (Å²) in [6.45, 7) is 0.926. The summed E-state index contributed by atoms with van der Waals surface area (Å²) in [5.41, 5.74) is 1.18. The average Bonchev–Trinajstić information content (AvgIpc) is 2.40. The van der Waals surface area contributed by atoms with Crippen molar-refractivity contribution in [1.29, 1.82) is 0 Å². The normalized spacial score (nSPS) is 26.7. The minimum Gasteiger partial charge on any atom is -0.391 e. The Bertz CT molecular complexity index is 328. The van der Waals surface area contributed by atoms with Crippen LogP contribution >= 0.6 is 0 Å². The van der Waals surface area contributed by atoms with E-state index in [1.807, 2.05) is 18.2 Å². The molecule has 3 unspecified atom stereocenters. The molecule has 1 aromatic rings. The lowest BCUT2D eigenvalue weighted by Gasteiger charge is -2.32. The Kier molecular flexibility index (Phi) is 4.54. The molecule has 2 rings (SSSR count). The number of ether oxygens (including phenoxy) is 1. The van der Waals surface area contributed by atoms with E-state index < -0.39 is 0 Å². The molecule has 1 heterocycles. The topological polar surface area (TPSA) is 41.5 Å². The van der Waals surface area contributed by atoms with Gasteiger partial charge in [0.1, 0.15) is 0 Å². The van der Waals surface area contributed by atoms with Gasteiger partial charge in [-0.2, -0.15) is 0 Å². The van der Waals surface area contributed by atoms with Gasteiger partial charge in [-0.15, -0.1) is 0 Å². The summed E-state index contributed by atoms with van der Waals surface area (Å²) in [5.74, 6) is 0. The summed E-state index contributed by atoms with van der Waals surface area (Å²) in [7, 11) is 1.75. The van der Waals surface area contributed by atoms with Crippen LogP contribution in [0.15, 0.2) is 30.3 Å². The zero-order valence-corrected chi connectivity index (χ0v) is 10.3. The molecule has 0 aromatic heterocycles. The fraction of sp³-hybridized carbons (Fsp3) is 0.571. The van der Waals surface area contributed by atoms with Gasteiger partial charge in [0.2, 0.25) is 0 Å². The Morgan fingerprint density at radius 2 is 2.18 bits per heavy atom. The molecule has 17 heavy (non-hydrogen) atoms. The van der Waals surface area contributed by atoms with Crippen molar-refractivity contribution in [2.75, 3.05) is 13.7 Å². The van der Waals surface area contributed by atoms with E-state index in [1.165, 1.54) is 5.56 Å². The first kappa shape index (κ1) is 12.6. The molecule has 2 N–H and O–H groups in total. The standard InChI is InChI=1S/C14H21NO2/c1-17-12-7-8-15-13(10-12)14(16)9-11-5-3-2-4-6-11/h2-6,12-16H,7-10H2,1H3. The van der Waals surface area contributed by atoms with Crippen molar-refractivity contribution in [2.24, 2.45) is 0 Å². The van der Waals surface area contributed by atoms with E-state index in [0.717, 1.165) is 19.4 Å². The van der Waals surface area contributed by atoms with Crippen LogP contribution in [0, 0.1) is 0 Å². The molecular formula is C14H21NO2. The quantitative estimate of drug-likeness (QED) is 0.828. The highest BCUT2D eigenvalue weighted by atomic mass is 16.5. The maximum atomic E-state index is 10.2. The monoisotopic (exact) mass is 235 g/mol. The predicted molar refractivity (Wildman–Crippen MR) is 68.0 cm³/mol. The summed E-state index contributed by atoms with van der Waals surface area (Å²) in [5, 5.41) is 13.6. The fourth-order valence-electron chi connectivity index (χ4n) is 2.42. The third-order valence-corrected chi connectivity index (χ3v) is 3.48. The average molecular weight is 235 g/mol. The van der Waals surface area contributed by atoms with Gasteiger partial charge in [0, 0.05) is 13.2 Å². The highest BCUT2D eigenvalue weighted by molar-refractivity contribution is 5.16. The van der Waals surface area contributed by atoms with Crippen LogP contribution in [-0.4, -0.2) is 37.0 Å². The largest absolute Gasteiger partial charge is 0.391 e. The van der Waals surface area contributed by atoms with Gasteiger partial charge in [0.15, 0.2) is 0 Å². The van der Waals surface area contributed by atoms with Gasteiger partial charge >= 0.3 is 0 Å². The number of aliphatic hydroxyl groups is 1. The maximum Gasteiger partial charge on any atom is 0.0734 e. The van der Waals surface area contributed by atoms with Gasteiger partial charge in [-0.05, 0) is 31.4 Å². The number of hydrogen-bond donors (Lipinski definition) is 2. The van der Waals surface area contributed by atoms with Crippen LogP contribution in [0.4, 0.5) is 0 Å². The van der Waals surface area contributed by atoms with Gasteiger partial charge in [0.25, 0.3) is 0 Å². The second kappa shape index (κ2) is 6.15. The number of benzene rings is 1. The Hall–Kier alpha value is -0.900. The number of hydrogen-bond acceptors (Lipinski definition) is 3. The number of piperidine rings is 1. The second-order valence-electron chi connectivity index (χ2n) is 4.70. The molecule has 0 amide bonds. The molecule has 0 bridgehead atoms.